The number of carbonyl (C=O) groups is 2. The van der Waals surface area contributed by atoms with E-state index in [2.05, 4.69) is 19.2 Å². The summed E-state index contributed by atoms with van der Waals surface area (Å²) in [5.74, 6) is 0.000843. The zero-order valence-electron chi connectivity index (χ0n) is 58.4. The molecule has 0 bridgehead atoms. The summed E-state index contributed by atoms with van der Waals surface area (Å²) in [5, 5.41) is 23.5. The van der Waals surface area contributed by atoms with Crippen molar-refractivity contribution >= 4 is 11.9 Å². The second-order valence-corrected chi connectivity index (χ2v) is 27.8. The van der Waals surface area contributed by atoms with Crippen LogP contribution in [0.15, 0.2) is 0 Å². The van der Waals surface area contributed by atoms with Crippen molar-refractivity contribution in [2.24, 2.45) is 0 Å². The van der Waals surface area contributed by atoms with Crippen LogP contribution < -0.4 is 5.32 Å². The number of rotatable bonds is 76. The highest BCUT2D eigenvalue weighted by atomic mass is 16.5. The van der Waals surface area contributed by atoms with Crippen LogP contribution in [0.4, 0.5) is 0 Å². The molecule has 2 atom stereocenters. The van der Waals surface area contributed by atoms with Crippen molar-refractivity contribution in [1.29, 1.82) is 0 Å². The third kappa shape index (κ3) is 71.8. The van der Waals surface area contributed by atoms with Crippen molar-refractivity contribution < 1.29 is 24.5 Å². The summed E-state index contributed by atoms with van der Waals surface area (Å²) in [6.07, 6.45) is 93.4. The first kappa shape index (κ1) is 83.9. The second kappa shape index (κ2) is 75.3. The molecule has 0 aromatic carbocycles. The van der Waals surface area contributed by atoms with E-state index in [1.165, 1.54) is 398 Å². The van der Waals surface area contributed by atoms with Gasteiger partial charge in [0, 0.05) is 12.8 Å². The van der Waals surface area contributed by atoms with Gasteiger partial charge in [0.15, 0.2) is 0 Å². The first-order valence-electron chi connectivity index (χ1n) is 39.8. The van der Waals surface area contributed by atoms with Crippen LogP contribution >= 0.6 is 0 Å². The minimum atomic E-state index is -0.661. The maximum atomic E-state index is 12.6. The molecular formula is C79H157NO5. The Morgan fingerprint density at radius 2 is 0.482 bits per heavy atom. The summed E-state index contributed by atoms with van der Waals surface area (Å²) < 4.78 is 5.50. The molecule has 0 rings (SSSR count). The summed E-state index contributed by atoms with van der Waals surface area (Å²) in [5.41, 5.74) is 0. The Bertz CT molecular complexity index is 1240. The van der Waals surface area contributed by atoms with Gasteiger partial charge in [-0.3, -0.25) is 9.59 Å². The summed E-state index contributed by atoms with van der Waals surface area (Å²) in [7, 11) is 0. The van der Waals surface area contributed by atoms with E-state index in [9.17, 15) is 19.8 Å². The Morgan fingerprint density at radius 3 is 0.718 bits per heavy atom. The van der Waals surface area contributed by atoms with E-state index in [0.717, 1.165) is 38.5 Å². The Morgan fingerprint density at radius 1 is 0.282 bits per heavy atom. The van der Waals surface area contributed by atoms with Crippen LogP contribution in [0.25, 0.3) is 0 Å². The zero-order chi connectivity index (χ0) is 61.3. The fraction of sp³-hybridized carbons (Fsp3) is 0.975. The summed E-state index contributed by atoms with van der Waals surface area (Å²) >= 11 is 0. The Labute approximate surface area is 534 Å². The molecule has 0 spiro atoms. The van der Waals surface area contributed by atoms with Crippen molar-refractivity contribution in [3.8, 4) is 0 Å². The van der Waals surface area contributed by atoms with Gasteiger partial charge in [-0.2, -0.15) is 0 Å². The van der Waals surface area contributed by atoms with Crippen molar-refractivity contribution in [3.63, 3.8) is 0 Å². The topological polar surface area (TPSA) is 95.9 Å². The number of aliphatic hydroxyl groups excluding tert-OH is 2. The summed E-state index contributed by atoms with van der Waals surface area (Å²) in [6.45, 7) is 5.02. The number of aliphatic hydroxyl groups is 2. The Balaban J connectivity index is 3.31. The van der Waals surface area contributed by atoms with Gasteiger partial charge in [0.2, 0.25) is 5.91 Å². The van der Waals surface area contributed by atoms with Gasteiger partial charge in [-0.05, 0) is 25.7 Å². The minimum Gasteiger partial charge on any atom is -0.466 e. The van der Waals surface area contributed by atoms with Gasteiger partial charge in [0.05, 0.1) is 25.4 Å². The van der Waals surface area contributed by atoms with E-state index in [1.807, 2.05) is 0 Å². The average molecular weight is 1200 g/mol. The highest BCUT2D eigenvalue weighted by Gasteiger charge is 2.20. The molecule has 0 fully saturated rings. The quantitative estimate of drug-likeness (QED) is 0.0417. The predicted octanol–water partition coefficient (Wildman–Crippen LogP) is 26.1. The molecule has 0 aliphatic carbocycles. The van der Waals surface area contributed by atoms with Gasteiger partial charge < -0.3 is 20.3 Å². The molecule has 0 saturated carbocycles. The maximum absolute atomic E-state index is 12.6. The molecule has 508 valence electrons. The van der Waals surface area contributed by atoms with Gasteiger partial charge in [-0.1, -0.05) is 431 Å². The van der Waals surface area contributed by atoms with Crippen molar-refractivity contribution in [2.45, 2.75) is 482 Å². The van der Waals surface area contributed by atoms with E-state index in [-0.39, 0.29) is 18.5 Å². The number of hydrogen-bond donors (Lipinski definition) is 3. The van der Waals surface area contributed by atoms with Gasteiger partial charge in [0.1, 0.15) is 0 Å². The van der Waals surface area contributed by atoms with Crippen LogP contribution in [-0.4, -0.2) is 47.4 Å². The third-order valence-corrected chi connectivity index (χ3v) is 19.2. The average Bonchev–Trinajstić information content (AvgIpc) is 3.53. The molecule has 0 radical (unpaired) electrons. The third-order valence-electron chi connectivity index (χ3n) is 19.2. The van der Waals surface area contributed by atoms with Crippen LogP contribution in [0.5, 0.6) is 0 Å². The van der Waals surface area contributed by atoms with Crippen molar-refractivity contribution in [1.82, 2.24) is 5.32 Å². The first-order valence-corrected chi connectivity index (χ1v) is 39.8. The largest absolute Gasteiger partial charge is 0.466 e. The lowest BCUT2D eigenvalue weighted by Gasteiger charge is -2.22. The molecule has 0 heterocycles. The molecule has 0 saturated heterocycles. The second-order valence-electron chi connectivity index (χ2n) is 27.8. The van der Waals surface area contributed by atoms with Crippen molar-refractivity contribution in [3.05, 3.63) is 0 Å². The maximum Gasteiger partial charge on any atom is 0.305 e. The number of nitrogens with one attached hydrogen (secondary N) is 1. The molecular weight excluding hydrogens is 1040 g/mol. The molecule has 1 amide bonds. The van der Waals surface area contributed by atoms with Crippen LogP contribution in [0.1, 0.15) is 470 Å². The van der Waals surface area contributed by atoms with Crippen LogP contribution in [0.2, 0.25) is 0 Å². The Hall–Kier alpha value is -1.14. The normalized spacial score (nSPS) is 12.4. The van der Waals surface area contributed by atoms with Gasteiger partial charge in [-0.15, -0.1) is 0 Å². The lowest BCUT2D eigenvalue weighted by Crippen LogP contribution is -2.45. The molecule has 0 aliphatic heterocycles. The van der Waals surface area contributed by atoms with Gasteiger partial charge in [-0.25, -0.2) is 0 Å². The fourth-order valence-electron chi connectivity index (χ4n) is 13.1. The standard InChI is InChI=1S/C79H157NO5/c1-3-5-7-9-11-13-15-17-18-19-20-21-35-38-41-44-48-51-55-59-63-67-71-77(82)76(75-81)80-78(83)72-68-64-60-56-52-49-45-42-39-36-33-31-29-27-25-23-22-24-26-28-30-32-34-37-40-43-46-50-54-58-62-66-70-74-85-79(84)73-69-65-61-57-53-47-16-14-12-10-8-6-4-2/h76-77,81-82H,3-75H2,1-2H3,(H,80,83). The minimum absolute atomic E-state index is 0.0239. The van der Waals surface area contributed by atoms with Gasteiger partial charge >= 0.3 is 5.97 Å². The van der Waals surface area contributed by atoms with E-state index in [0.29, 0.717) is 25.9 Å². The van der Waals surface area contributed by atoms with E-state index < -0.39 is 12.1 Å². The monoisotopic (exact) mass is 1200 g/mol. The van der Waals surface area contributed by atoms with Gasteiger partial charge in [0.25, 0.3) is 0 Å². The number of unbranched alkanes of at least 4 members (excludes halogenated alkanes) is 65. The molecule has 6 heteroatoms. The Kier molecular flexibility index (Phi) is 74.3. The van der Waals surface area contributed by atoms with E-state index in [4.69, 9.17) is 4.74 Å². The highest BCUT2D eigenvalue weighted by molar-refractivity contribution is 5.76. The summed E-state index contributed by atoms with van der Waals surface area (Å²) in [6, 6.07) is -0.538. The van der Waals surface area contributed by atoms with E-state index >= 15 is 0 Å². The number of carbonyl (C=O) groups excluding carboxylic acids is 2. The number of esters is 1. The number of amides is 1. The van der Waals surface area contributed by atoms with Crippen LogP contribution in [0, 0.1) is 0 Å². The number of hydrogen-bond acceptors (Lipinski definition) is 5. The molecule has 0 aromatic heterocycles. The predicted molar refractivity (Wildman–Crippen MR) is 375 cm³/mol. The molecule has 0 aliphatic rings. The summed E-state index contributed by atoms with van der Waals surface area (Å²) in [4.78, 5) is 24.6. The van der Waals surface area contributed by atoms with Crippen LogP contribution in [-0.2, 0) is 14.3 Å². The molecule has 0 aromatic rings. The molecule has 6 nitrogen and oxygen atoms in total. The van der Waals surface area contributed by atoms with E-state index in [1.54, 1.807) is 0 Å². The smallest absolute Gasteiger partial charge is 0.305 e. The molecule has 2 unspecified atom stereocenters. The first-order chi connectivity index (χ1) is 42.0. The number of ether oxygens (including phenoxy) is 1. The lowest BCUT2D eigenvalue weighted by atomic mass is 10.0. The van der Waals surface area contributed by atoms with Crippen molar-refractivity contribution in [2.75, 3.05) is 13.2 Å². The fourth-order valence-corrected chi connectivity index (χ4v) is 13.1. The zero-order valence-corrected chi connectivity index (χ0v) is 58.4. The molecule has 3 N–H and O–H groups in total. The highest BCUT2D eigenvalue weighted by Crippen LogP contribution is 2.21. The SMILES string of the molecule is CCCCCCCCCCCCCCCCCCCCCCCCC(O)C(CO)NC(=O)CCCCCCCCCCCCCCCCCCCCCCCCCCCCCCCCCCCOC(=O)CCCCCCCCCCCCCCC. The molecule has 85 heavy (non-hydrogen) atoms. The lowest BCUT2D eigenvalue weighted by molar-refractivity contribution is -0.143. The van der Waals surface area contributed by atoms with Crippen LogP contribution in [0.3, 0.4) is 0 Å².